The van der Waals surface area contributed by atoms with Crippen LogP contribution in [0.2, 0.25) is 0 Å². The summed E-state index contributed by atoms with van der Waals surface area (Å²) >= 11 is 1.35. The highest BCUT2D eigenvalue weighted by Crippen LogP contribution is 2.33. The molecule has 2 amide bonds. The third-order valence-electron chi connectivity index (χ3n) is 3.43. The van der Waals surface area contributed by atoms with E-state index in [1.807, 2.05) is 24.3 Å². The van der Waals surface area contributed by atoms with Crippen LogP contribution in [0.15, 0.2) is 24.3 Å². The van der Waals surface area contributed by atoms with Crippen molar-refractivity contribution in [3.8, 4) is 0 Å². The average Bonchev–Trinajstić information content (AvgIpc) is 2.79. The van der Waals surface area contributed by atoms with Crippen molar-refractivity contribution in [1.82, 2.24) is 10.6 Å². The molecule has 1 saturated heterocycles. The zero-order chi connectivity index (χ0) is 14.1. The Labute approximate surface area is 120 Å². The molecule has 0 saturated carbocycles. The number of nitrogens with two attached hydrogens (primary N) is 1. The molecule has 1 fully saturated rings. The number of benzene rings is 1. The van der Waals surface area contributed by atoms with Crippen LogP contribution in [-0.4, -0.2) is 24.4 Å². The van der Waals surface area contributed by atoms with Crippen LogP contribution < -0.4 is 16.4 Å². The summed E-state index contributed by atoms with van der Waals surface area (Å²) < 4.78 is 0.975. The van der Waals surface area contributed by atoms with Gasteiger partial charge in [-0.3, -0.25) is 9.59 Å². The second-order valence-corrected chi connectivity index (χ2v) is 5.85. The second-order valence-electron chi connectivity index (χ2n) is 4.80. The number of amides is 2. The minimum absolute atomic E-state index is 0.121. The number of piperidine rings is 1. The van der Waals surface area contributed by atoms with E-state index in [9.17, 15) is 9.59 Å². The van der Waals surface area contributed by atoms with E-state index in [0.717, 1.165) is 16.5 Å². The normalized spacial score (nSPS) is 18.8. The fraction of sp³-hybridized carbons (Fsp3) is 0.286. The van der Waals surface area contributed by atoms with Crippen LogP contribution in [0.25, 0.3) is 10.1 Å². The van der Waals surface area contributed by atoms with Gasteiger partial charge < -0.3 is 16.4 Å². The summed E-state index contributed by atoms with van der Waals surface area (Å²) in [5, 5.41) is 6.40. The molecule has 20 heavy (non-hydrogen) atoms. The minimum Gasteiger partial charge on any atom is -0.397 e. The molecule has 0 radical (unpaired) electrons. The Bertz CT molecular complexity index is 680. The molecule has 1 aliphatic rings. The summed E-state index contributed by atoms with van der Waals surface area (Å²) in [5.74, 6) is -0.393. The first kappa shape index (κ1) is 12.9. The summed E-state index contributed by atoms with van der Waals surface area (Å²) in [7, 11) is 0. The number of carbonyl (C=O) groups is 2. The van der Waals surface area contributed by atoms with Gasteiger partial charge in [0, 0.05) is 16.6 Å². The van der Waals surface area contributed by atoms with Crippen molar-refractivity contribution < 1.29 is 9.59 Å². The number of rotatable bonds is 2. The topological polar surface area (TPSA) is 84.2 Å². The molecule has 0 aliphatic carbocycles. The zero-order valence-electron chi connectivity index (χ0n) is 10.8. The third kappa shape index (κ3) is 2.22. The molecule has 5 nitrogen and oxygen atoms in total. The predicted octanol–water partition coefficient (Wildman–Crippen LogP) is 1.49. The number of hydrogen-bond acceptors (Lipinski definition) is 4. The van der Waals surface area contributed by atoms with E-state index in [1.165, 1.54) is 11.3 Å². The Kier molecular flexibility index (Phi) is 3.31. The third-order valence-corrected chi connectivity index (χ3v) is 4.62. The van der Waals surface area contributed by atoms with Crippen molar-refractivity contribution in [1.29, 1.82) is 0 Å². The van der Waals surface area contributed by atoms with Gasteiger partial charge in [0.15, 0.2) is 0 Å². The lowest BCUT2D eigenvalue weighted by atomic mass is 10.1. The van der Waals surface area contributed by atoms with Crippen LogP contribution in [0.1, 0.15) is 22.5 Å². The van der Waals surface area contributed by atoms with Crippen LogP contribution in [0, 0.1) is 0 Å². The minimum atomic E-state index is -0.458. The standard InChI is InChI=1S/C14H15N3O2S/c15-11-8-4-1-2-6-10(8)20-12(11)14(19)17-9-5-3-7-16-13(9)18/h1-2,4,6,9H,3,5,7,15H2,(H,16,18)(H,17,19). The molecule has 2 heterocycles. The van der Waals surface area contributed by atoms with Crippen LogP contribution in [0.5, 0.6) is 0 Å². The molecule has 4 N–H and O–H groups in total. The summed E-state index contributed by atoms with van der Waals surface area (Å²) in [6.45, 7) is 0.677. The molecule has 2 aromatic rings. The molecule has 0 spiro atoms. The first-order valence-electron chi connectivity index (χ1n) is 6.52. The molecular weight excluding hydrogens is 274 g/mol. The van der Waals surface area contributed by atoms with E-state index in [-0.39, 0.29) is 11.8 Å². The largest absolute Gasteiger partial charge is 0.397 e. The van der Waals surface area contributed by atoms with E-state index in [4.69, 9.17) is 5.73 Å². The van der Waals surface area contributed by atoms with E-state index in [2.05, 4.69) is 10.6 Å². The maximum atomic E-state index is 12.3. The highest BCUT2D eigenvalue weighted by molar-refractivity contribution is 7.21. The monoisotopic (exact) mass is 289 g/mol. The number of nitrogen functional groups attached to an aromatic ring is 1. The number of fused-ring (bicyclic) bond motifs is 1. The van der Waals surface area contributed by atoms with Gasteiger partial charge in [0.25, 0.3) is 5.91 Å². The van der Waals surface area contributed by atoms with E-state index in [0.29, 0.717) is 23.5 Å². The Morgan fingerprint density at radius 2 is 2.20 bits per heavy atom. The number of carbonyl (C=O) groups excluding carboxylic acids is 2. The quantitative estimate of drug-likeness (QED) is 0.783. The maximum absolute atomic E-state index is 12.3. The molecule has 104 valence electrons. The number of anilines is 1. The van der Waals surface area contributed by atoms with Crippen molar-refractivity contribution in [2.75, 3.05) is 12.3 Å². The molecule has 1 aliphatic heterocycles. The highest BCUT2D eigenvalue weighted by atomic mass is 32.1. The van der Waals surface area contributed by atoms with Crippen molar-refractivity contribution in [2.45, 2.75) is 18.9 Å². The van der Waals surface area contributed by atoms with E-state index in [1.54, 1.807) is 0 Å². The first-order valence-corrected chi connectivity index (χ1v) is 7.34. The van der Waals surface area contributed by atoms with Gasteiger partial charge in [0.05, 0.1) is 5.69 Å². The lowest BCUT2D eigenvalue weighted by molar-refractivity contribution is -0.124. The van der Waals surface area contributed by atoms with Crippen LogP contribution in [0.4, 0.5) is 5.69 Å². The Morgan fingerprint density at radius 3 is 2.95 bits per heavy atom. The molecule has 1 unspecified atom stereocenters. The Morgan fingerprint density at radius 1 is 1.40 bits per heavy atom. The van der Waals surface area contributed by atoms with Gasteiger partial charge in [-0.15, -0.1) is 11.3 Å². The number of nitrogens with one attached hydrogen (secondary N) is 2. The van der Waals surface area contributed by atoms with Gasteiger partial charge in [-0.05, 0) is 18.9 Å². The summed E-state index contributed by atoms with van der Waals surface area (Å²) in [6, 6.07) is 7.17. The van der Waals surface area contributed by atoms with Gasteiger partial charge in [-0.2, -0.15) is 0 Å². The smallest absolute Gasteiger partial charge is 0.264 e. The second kappa shape index (κ2) is 5.13. The van der Waals surface area contributed by atoms with Crippen LogP contribution in [0.3, 0.4) is 0 Å². The van der Waals surface area contributed by atoms with Crippen molar-refractivity contribution in [2.24, 2.45) is 0 Å². The van der Waals surface area contributed by atoms with Crippen LogP contribution >= 0.6 is 11.3 Å². The summed E-state index contributed by atoms with van der Waals surface area (Å²) in [6.07, 6.45) is 1.54. The van der Waals surface area contributed by atoms with E-state index >= 15 is 0 Å². The number of thiophene rings is 1. The molecule has 0 bridgehead atoms. The zero-order valence-corrected chi connectivity index (χ0v) is 11.6. The molecule has 1 aromatic heterocycles. The summed E-state index contributed by atoms with van der Waals surface area (Å²) in [4.78, 5) is 24.4. The van der Waals surface area contributed by atoms with Crippen molar-refractivity contribution >= 4 is 38.9 Å². The maximum Gasteiger partial charge on any atom is 0.264 e. The molecular formula is C14H15N3O2S. The highest BCUT2D eigenvalue weighted by Gasteiger charge is 2.25. The molecule has 1 aromatic carbocycles. The molecule has 6 heteroatoms. The van der Waals surface area contributed by atoms with Crippen molar-refractivity contribution in [3.05, 3.63) is 29.1 Å². The Hall–Kier alpha value is -2.08. The predicted molar refractivity (Wildman–Crippen MR) is 79.7 cm³/mol. The number of hydrogen-bond donors (Lipinski definition) is 3. The molecule has 1 atom stereocenters. The van der Waals surface area contributed by atoms with Gasteiger partial charge in [-0.25, -0.2) is 0 Å². The van der Waals surface area contributed by atoms with Crippen LogP contribution in [-0.2, 0) is 4.79 Å². The SMILES string of the molecule is Nc1c(C(=O)NC2CCCNC2=O)sc2ccccc12. The van der Waals surface area contributed by atoms with Gasteiger partial charge in [0.2, 0.25) is 5.91 Å². The van der Waals surface area contributed by atoms with E-state index < -0.39 is 6.04 Å². The lowest BCUT2D eigenvalue weighted by Gasteiger charge is -2.22. The fourth-order valence-corrected chi connectivity index (χ4v) is 3.39. The first-order chi connectivity index (χ1) is 9.66. The molecule has 3 rings (SSSR count). The van der Waals surface area contributed by atoms with Gasteiger partial charge >= 0.3 is 0 Å². The average molecular weight is 289 g/mol. The summed E-state index contributed by atoms with van der Waals surface area (Å²) in [5.41, 5.74) is 6.51. The Balaban J connectivity index is 1.85. The van der Waals surface area contributed by atoms with Crippen molar-refractivity contribution in [3.63, 3.8) is 0 Å². The fourth-order valence-electron chi connectivity index (χ4n) is 2.37. The van der Waals surface area contributed by atoms with Gasteiger partial charge in [0.1, 0.15) is 10.9 Å². The van der Waals surface area contributed by atoms with Gasteiger partial charge in [-0.1, -0.05) is 18.2 Å². The lowest BCUT2D eigenvalue weighted by Crippen LogP contribution is -2.50.